The Morgan fingerprint density at radius 2 is 1.19 bits per heavy atom. The van der Waals surface area contributed by atoms with Crippen LogP contribution in [-0.4, -0.2) is 33.4 Å². The quantitative estimate of drug-likeness (QED) is 0.279. The van der Waals surface area contributed by atoms with Gasteiger partial charge < -0.3 is 9.47 Å². The molecule has 0 fully saturated rings. The van der Waals surface area contributed by atoms with Crippen molar-refractivity contribution in [2.45, 2.75) is 65.8 Å². The van der Waals surface area contributed by atoms with Crippen LogP contribution in [-0.2, 0) is 22.6 Å². The molecule has 0 saturated carbocycles. The smallest absolute Gasteiger partial charge is 0.417 e. The molecule has 0 aliphatic heterocycles. The molecule has 0 aliphatic carbocycles. The van der Waals surface area contributed by atoms with Crippen LogP contribution in [0.25, 0.3) is 0 Å². The van der Waals surface area contributed by atoms with Gasteiger partial charge in [0.25, 0.3) is 0 Å². The van der Waals surface area contributed by atoms with Gasteiger partial charge in [-0.2, -0.15) is 4.98 Å². The number of carbonyl (C=O) groups is 2. The number of nitrogens with zero attached hydrogens (tertiary/aromatic N) is 4. The van der Waals surface area contributed by atoms with Crippen LogP contribution in [0.2, 0.25) is 0 Å². The molecular formula is C28H33IN4O4. The average Bonchev–Trinajstić information content (AvgIpc) is 2.81. The number of hydrogen-bond donors (Lipinski definition) is 0. The molecule has 0 spiro atoms. The van der Waals surface area contributed by atoms with Gasteiger partial charge in [-0.3, -0.25) is 4.90 Å². The van der Waals surface area contributed by atoms with E-state index in [0.29, 0.717) is 9.39 Å². The minimum absolute atomic E-state index is 0.120. The predicted octanol–water partition coefficient (Wildman–Crippen LogP) is 6.96. The van der Waals surface area contributed by atoms with Crippen molar-refractivity contribution in [3.63, 3.8) is 0 Å². The van der Waals surface area contributed by atoms with E-state index in [-0.39, 0.29) is 19.0 Å². The van der Waals surface area contributed by atoms with Crippen molar-refractivity contribution in [3.8, 4) is 0 Å². The van der Waals surface area contributed by atoms with Crippen LogP contribution < -0.4 is 9.80 Å². The van der Waals surface area contributed by atoms with Crippen molar-refractivity contribution in [1.82, 2.24) is 9.97 Å². The monoisotopic (exact) mass is 616 g/mol. The maximum atomic E-state index is 13.3. The van der Waals surface area contributed by atoms with Crippen LogP contribution in [0.4, 0.5) is 21.4 Å². The summed E-state index contributed by atoms with van der Waals surface area (Å²) in [6.45, 7) is 11.3. The lowest BCUT2D eigenvalue weighted by molar-refractivity contribution is 0.0568. The number of ether oxygens (including phenoxy) is 2. The summed E-state index contributed by atoms with van der Waals surface area (Å²) in [4.78, 5) is 38.6. The summed E-state index contributed by atoms with van der Waals surface area (Å²) in [6.07, 6.45) is 0.448. The summed E-state index contributed by atoms with van der Waals surface area (Å²) in [5.74, 6) is 0.459. The zero-order chi connectivity index (χ0) is 27.2. The molecule has 9 heteroatoms. The van der Waals surface area contributed by atoms with Crippen molar-refractivity contribution in [3.05, 3.63) is 81.6 Å². The van der Waals surface area contributed by atoms with Gasteiger partial charge in [0.05, 0.1) is 16.7 Å². The van der Waals surface area contributed by atoms with Crippen molar-refractivity contribution >= 4 is 46.5 Å². The van der Waals surface area contributed by atoms with E-state index in [9.17, 15) is 9.59 Å². The molecule has 1 aromatic heterocycles. The molecule has 3 rings (SSSR count). The fourth-order valence-corrected chi connectivity index (χ4v) is 3.83. The summed E-state index contributed by atoms with van der Waals surface area (Å²) in [5, 5.41) is 0. The first-order chi connectivity index (χ1) is 17.3. The molecule has 0 saturated heterocycles. The second-order valence-electron chi connectivity index (χ2n) is 10.4. The number of hydrogen-bond acceptors (Lipinski definition) is 6. The minimum Gasteiger partial charge on any atom is -0.443 e. The van der Waals surface area contributed by atoms with Crippen LogP contribution in [0, 0.1) is 3.57 Å². The molecule has 37 heavy (non-hydrogen) atoms. The topological polar surface area (TPSA) is 84.9 Å². The molecule has 3 aromatic rings. The standard InChI is InChI=1S/C28H33IN4O4/c1-27(2,3)36-25(34)32(18-20-13-9-7-10-14-20)23-22(29)17-30-24(31-23)33(26(35)37-28(4,5)6)19-21-15-11-8-12-16-21/h7-17H,18-19H2,1-6H3. The molecule has 1 heterocycles. The Morgan fingerprint density at radius 3 is 1.65 bits per heavy atom. The maximum Gasteiger partial charge on any atom is 0.417 e. The largest absolute Gasteiger partial charge is 0.443 e. The van der Waals surface area contributed by atoms with Gasteiger partial charge in [0.15, 0.2) is 5.82 Å². The summed E-state index contributed by atoms with van der Waals surface area (Å²) in [7, 11) is 0. The number of carbonyl (C=O) groups excluding carboxylic acids is 2. The van der Waals surface area contributed by atoms with Crippen LogP contribution in [0.3, 0.4) is 0 Å². The van der Waals surface area contributed by atoms with E-state index in [1.165, 1.54) is 9.80 Å². The van der Waals surface area contributed by atoms with Crippen molar-refractivity contribution < 1.29 is 19.1 Å². The number of aromatic nitrogens is 2. The van der Waals surface area contributed by atoms with Crippen LogP contribution in [0.5, 0.6) is 0 Å². The van der Waals surface area contributed by atoms with E-state index in [2.05, 4.69) is 27.6 Å². The Kier molecular flexibility index (Phi) is 9.12. The molecule has 196 valence electrons. The molecular weight excluding hydrogens is 583 g/mol. The van der Waals surface area contributed by atoms with Crippen LogP contribution >= 0.6 is 22.6 Å². The molecule has 0 atom stereocenters. The van der Waals surface area contributed by atoms with Gasteiger partial charge in [-0.25, -0.2) is 19.5 Å². The lowest BCUT2D eigenvalue weighted by atomic mass is 10.2. The minimum atomic E-state index is -0.714. The first kappa shape index (κ1) is 28.4. The zero-order valence-electron chi connectivity index (χ0n) is 22.1. The number of benzene rings is 2. The molecule has 2 aromatic carbocycles. The van der Waals surface area contributed by atoms with Gasteiger partial charge in [0.1, 0.15) is 11.2 Å². The van der Waals surface area contributed by atoms with E-state index in [1.54, 1.807) is 27.0 Å². The Hall–Kier alpha value is -3.21. The highest BCUT2D eigenvalue weighted by atomic mass is 127. The zero-order valence-corrected chi connectivity index (χ0v) is 24.2. The van der Waals surface area contributed by atoms with E-state index >= 15 is 0 Å². The normalized spacial score (nSPS) is 11.5. The van der Waals surface area contributed by atoms with Gasteiger partial charge in [0, 0.05) is 6.20 Å². The van der Waals surface area contributed by atoms with Crippen molar-refractivity contribution in [2.75, 3.05) is 9.80 Å². The van der Waals surface area contributed by atoms with Crippen LogP contribution in [0.1, 0.15) is 52.7 Å². The molecule has 0 N–H and O–H groups in total. The Bertz CT molecular complexity index is 1210. The first-order valence-corrected chi connectivity index (χ1v) is 13.0. The summed E-state index contributed by atoms with van der Waals surface area (Å²) in [6, 6.07) is 19.1. The highest BCUT2D eigenvalue weighted by Gasteiger charge is 2.30. The Balaban J connectivity index is 2.06. The number of halogens is 1. The van der Waals surface area contributed by atoms with Crippen LogP contribution in [0.15, 0.2) is 66.9 Å². The van der Waals surface area contributed by atoms with Crippen molar-refractivity contribution in [2.24, 2.45) is 0 Å². The third-order valence-corrected chi connectivity index (χ3v) is 5.57. The fraction of sp³-hybridized carbons (Fsp3) is 0.357. The lowest BCUT2D eigenvalue weighted by Crippen LogP contribution is -2.39. The second kappa shape index (κ2) is 11.9. The number of anilines is 2. The van der Waals surface area contributed by atoms with E-state index < -0.39 is 23.4 Å². The number of rotatable bonds is 6. The highest BCUT2D eigenvalue weighted by molar-refractivity contribution is 14.1. The average molecular weight is 616 g/mol. The Labute approximate surface area is 232 Å². The van der Waals surface area contributed by atoms with Crippen molar-refractivity contribution in [1.29, 1.82) is 0 Å². The predicted molar refractivity (Wildman–Crippen MR) is 152 cm³/mol. The number of amides is 2. The summed E-state index contributed by atoms with van der Waals surface area (Å²) >= 11 is 2.08. The first-order valence-electron chi connectivity index (χ1n) is 11.9. The molecule has 0 aliphatic rings. The lowest BCUT2D eigenvalue weighted by Gasteiger charge is -2.29. The molecule has 0 radical (unpaired) electrons. The fourth-order valence-electron chi connectivity index (χ4n) is 3.28. The second-order valence-corrected chi connectivity index (χ2v) is 11.6. The highest BCUT2D eigenvalue weighted by Crippen LogP contribution is 2.27. The molecule has 0 unspecified atom stereocenters. The maximum absolute atomic E-state index is 13.3. The van der Waals surface area contributed by atoms with E-state index in [0.717, 1.165) is 11.1 Å². The van der Waals surface area contributed by atoms with E-state index in [4.69, 9.17) is 14.5 Å². The molecule has 2 amide bonds. The van der Waals surface area contributed by atoms with Gasteiger partial charge in [0.2, 0.25) is 5.95 Å². The molecule has 8 nitrogen and oxygen atoms in total. The SMILES string of the molecule is CC(C)(C)OC(=O)N(Cc1ccccc1)c1ncc(I)c(N(Cc2ccccc2)C(=O)OC(C)(C)C)n1. The van der Waals surface area contributed by atoms with Gasteiger partial charge >= 0.3 is 12.2 Å². The Morgan fingerprint density at radius 1 is 0.757 bits per heavy atom. The third-order valence-electron chi connectivity index (χ3n) is 4.80. The summed E-state index contributed by atoms with van der Waals surface area (Å²) in [5.41, 5.74) is 0.361. The van der Waals surface area contributed by atoms with Gasteiger partial charge in [-0.1, -0.05) is 60.7 Å². The van der Waals surface area contributed by atoms with Gasteiger partial charge in [-0.15, -0.1) is 0 Å². The van der Waals surface area contributed by atoms with E-state index in [1.807, 2.05) is 81.4 Å². The summed E-state index contributed by atoms with van der Waals surface area (Å²) < 4.78 is 12.0. The third kappa shape index (κ3) is 8.70. The van der Waals surface area contributed by atoms with Gasteiger partial charge in [-0.05, 0) is 75.3 Å². The molecule has 0 bridgehead atoms.